The predicted octanol–water partition coefficient (Wildman–Crippen LogP) is 5.18. The molecule has 0 spiro atoms. The van der Waals surface area contributed by atoms with E-state index in [1.807, 2.05) is 39.9 Å². The monoisotopic (exact) mass is 453 g/mol. The van der Waals surface area contributed by atoms with Crippen molar-refractivity contribution < 1.29 is 0 Å². The molecule has 6 heteroatoms. The molecule has 6 N–H and O–H groups in total. The van der Waals surface area contributed by atoms with E-state index >= 15 is 0 Å². The number of rotatable bonds is 11. The van der Waals surface area contributed by atoms with E-state index in [2.05, 4.69) is 70.5 Å². The molecule has 0 atom stereocenters. The first-order valence-electron chi connectivity index (χ1n) is 12.6. The van der Waals surface area contributed by atoms with Gasteiger partial charge in [-0.1, -0.05) is 69.2 Å². The molecule has 0 saturated carbocycles. The molecule has 6 nitrogen and oxygen atoms in total. The van der Waals surface area contributed by atoms with E-state index in [0.29, 0.717) is 6.04 Å². The maximum Gasteiger partial charge on any atom is -0.00179 e. The zero-order chi connectivity index (χ0) is 24.8. The van der Waals surface area contributed by atoms with E-state index in [-0.39, 0.29) is 6.15 Å². The van der Waals surface area contributed by atoms with Gasteiger partial charge in [-0.3, -0.25) is 0 Å². The SMILES string of the molecule is CC(C)N.CCCN(CCC)CCC.CCN(CC)CC.CCNCC.CN(C)C.N. The van der Waals surface area contributed by atoms with Crippen LogP contribution in [0.2, 0.25) is 0 Å². The van der Waals surface area contributed by atoms with E-state index in [9.17, 15) is 0 Å². The molecule has 0 unspecified atom stereocenters. The zero-order valence-corrected chi connectivity index (χ0v) is 24.5. The fourth-order valence-electron chi connectivity index (χ4n) is 2.20. The summed E-state index contributed by atoms with van der Waals surface area (Å²) in [5, 5.41) is 3.11. The summed E-state index contributed by atoms with van der Waals surface area (Å²) in [4.78, 5) is 6.92. The molecule has 198 valence electrons. The van der Waals surface area contributed by atoms with Crippen LogP contribution < -0.4 is 17.2 Å². The van der Waals surface area contributed by atoms with Crippen molar-refractivity contribution in [2.24, 2.45) is 5.73 Å². The quantitative estimate of drug-likeness (QED) is 0.401. The van der Waals surface area contributed by atoms with E-state index in [1.165, 1.54) is 58.5 Å². The van der Waals surface area contributed by atoms with E-state index in [4.69, 9.17) is 5.73 Å². The fourth-order valence-corrected chi connectivity index (χ4v) is 2.20. The van der Waals surface area contributed by atoms with Crippen LogP contribution in [-0.2, 0) is 0 Å². The van der Waals surface area contributed by atoms with Crippen molar-refractivity contribution in [3.05, 3.63) is 0 Å². The highest BCUT2D eigenvalue weighted by molar-refractivity contribution is 4.53. The lowest BCUT2D eigenvalue weighted by molar-refractivity contribution is 0.275. The van der Waals surface area contributed by atoms with Gasteiger partial charge in [-0.2, -0.15) is 0 Å². The Morgan fingerprint density at radius 1 is 0.613 bits per heavy atom. The molecule has 0 saturated heterocycles. The summed E-state index contributed by atoms with van der Waals surface area (Å²) in [6.07, 6.45) is 3.88. The topological polar surface area (TPSA) is 82.8 Å². The standard InChI is InChI=1S/C9H21N.C6H15N.C4H11N.2C3H9N.H3N/c1-4-7-10(8-5-2)9-6-3;1-4-7(5-2)6-3;1-3-5-4-2;1-4(2)3;1-3(2)4;/h4-9H2,1-3H3;4-6H2,1-3H3;5H,3-4H2,1-2H3;1-3H3;3H,4H2,1-2H3;1H3. The van der Waals surface area contributed by atoms with Crippen molar-refractivity contribution in [2.75, 3.05) is 73.5 Å². The Balaban J connectivity index is -0.0000000659. The average molecular weight is 453 g/mol. The highest BCUT2D eigenvalue weighted by atomic mass is 15.1. The van der Waals surface area contributed by atoms with Gasteiger partial charge < -0.3 is 31.9 Å². The van der Waals surface area contributed by atoms with Crippen molar-refractivity contribution in [1.82, 2.24) is 26.2 Å². The number of hydrogen-bond acceptors (Lipinski definition) is 6. The molecule has 0 rings (SSSR count). The molecule has 0 bridgehead atoms. The van der Waals surface area contributed by atoms with Crippen molar-refractivity contribution in [1.29, 1.82) is 0 Å². The lowest BCUT2D eigenvalue weighted by atomic mass is 10.3. The fraction of sp³-hybridized carbons (Fsp3) is 1.00. The Morgan fingerprint density at radius 3 is 0.903 bits per heavy atom. The van der Waals surface area contributed by atoms with Crippen molar-refractivity contribution in [3.63, 3.8) is 0 Å². The van der Waals surface area contributed by atoms with E-state index < -0.39 is 0 Å². The Hall–Kier alpha value is -0.240. The molecule has 0 radical (unpaired) electrons. The minimum atomic E-state index is 0. The van der Waals surface area contributed by atoms with E-state index in [1.54, 1.807) is 0 Å². The molecule has 0 aromatic rings. The molecule has 0 aromatic heterocycles. The first kappa shape index (κ1) is 44.4. The summed E-state index contributed by atoms with van der Waals surface area (Å²) < 4.78 is 0. The number of nitrogens with zero attached hydrogens (tertiary/aromatic N) is 3. The second-order valence-corrected chi connectivity index (χ2v) is 8.00. The van der Waals surface area contributed by atoms with Crippen LogP contribution in [0.5, 0.6) is 0 Å². The molecule has 0 heterocycles. The van der Waals surface area contributed by atoms with Crippen molar-refractivity contribution >= 4 is 0 Å². The zero-order valence-electron chi connectivity index (χ0n) is 24.5. The van der Waals surface area contributed by atoms with Crippen LogP contribution in [0.3, 0.4) is 0 Å². The van der Waals surface area contributed by atoms with Gasteiger partial charge in [-0.15, -0.1) is 0 Å². The minimum absolute atomic E-state index is 0. The molecule has 0 fully saturated rings. The van der Waals surface area contributed by atoms with Crippen LogP contribution in [0.4, 0.5) is 0 Å². The Kier molecular flexibility index (Phi) is 62.5. The number of hydrogen-bond donors (Lipinski definition) is 3. The van der Waals surface area contributed by atoms with Gasteiger partial charge in [0, 0.05) is 0 Å². The molecule has 0 aliphatic carbocycles. The van der Waals surface area contributed by atoms with Gasteiger partial charge >= 0.3 is 0 Å². The highest BCUT2D eigenvalue weighted by Crippen LogP contribution is 1.94. The van der Waals surface area contributed by atoms with Gasteiger partial charge in [-0.05, 0) is 98.8 Å². The van der Waals surface area contributed by atoms with Gasteiger partial charge in [0.25, 0.3) is 0 Å². The molecule has 31 heavy (non-hydrogen) atoms. The summed E-state index contributed by atoms with van der Waals surface area (Å²) in [7, 11) is 6.00. The summed E-state index contributed by atoms with van der Waals surface area (Å²) >= 11 is 0. The van der Waals surface area contributed by atoms with Crippen molar-refractivity contribution in [2.45, 2.75) is 94.5 Å². The third kappa shape index (κ3) is 81.6. The van der Waals surface area contributed by atoms with Crippen LogP contribution in [0, 0.1) is 0 Å². The molecule has 0 aromatic carbocycles. The molecular weight excluding hydrogens is 384 g/mol. The summed E-state index contributed by atoms with van der Waals surface area (Å²) in [6.45, 7) is 31.0. The van der Waals surface area contributed by atoms with Crippen LogP contribution >= 0.6 is 0 Å². The molecule has 0 aliphatic heterocycles. The normalized spacial score (nSPS) is 9.48. The van der Waals surface area contributed by atoms with E-state index in [0.717, 1.165) is 13.1 Å². The molecule has 0 amide bonds. The van der Waals surface area contributed by atoms with Gasteiger partial charge in [0.1, 0.15) is 0 Å². The van der Waals surface area contributed by atoms with Crippen LogP contribution in [0.1, 0.15) is 88.5 Å². The maximum atomic E-state index is 5.11. The summed E-state index contributed by atoms with van der Waals surface area (Å²) in [5.41, 5.74) is 5.11. The first-order valence-corrected chi connectivity index (χ1v) is 12.6. The second kappa shape index (κ2) is 43.6. The smallest absolute Gasteiger partial charge is 0.00179 e. The van der Waals surface area contributed by atoms with Crippen LogP contribution in [0.15, 0.2) is 0 Å². The highest BCUT2D eigenvalue weighted by Gasteiger charge is 1.98. The lowest BCUT2D eigenvalue weighted by Gasteiger charge is -2.19. The lowest BCUT2D eigenvalue weighted by Crippen LogP contribution is -2.25. The van der Waals surface area contributed by atoms with Gasteiger partial charge in [0.2, 0.25) is 0 Å². The third-order valence-corrected chi connectivity index (χ3v) is 3.46. The van der Waals surface area contributed by atoms with Crippen LogP contribution in [-0.4, -0.2) is 94.2 Å². The Morgan fingerprint density at radius 2 is 0.839 bits per heavy atom. The Labute approximate surface area is 200 Å². The molecule has 0 aliphatic rings. The number of nitrogens with one attached hydrogen (secondary N) is 1. The van der Waals surface area contributed by atoms with Crippen LogP contribution in [0.25, 0.3) is 0 Å². The minimum Gasteiger partial charge on any atom is -0.344 e. The maximum absolute atomic E-state index is 5.11. The van der Waals surface area contributed by atoms with Gasteiger partial charge in [0.05, 0.1) is 0 Å². The average Bonchev–Trinajstić information content (AvgIpc) is 2.65. The third-order valence-electron chi connectivity index (χ3n) is 3.46. The largest absolute Gasteiger partial charge is 0.344 e. The summed E-state index contributed by atoms with van der Waals surface area (Å²) in [6, 6.07) is 0.333. The second-order valence-electron chi connectivity index (χ2n) is 8.00. The summed E-state index contributed by atoms with van der Waals surface area (Å²) in [5.74, 6) is 0. The van der Waals surface area contributed by atoms with Gasteiger partial charge in [0.15, 0.2) is 0 Å². The predicted molar refractivity (Wildman–Crippen MR) is 149 cm³/mol. The first-order chi connectivity index (χ1) is 14.1. The van der Waals surface area contributed by atoms with Gasteiger partial charge in [-0.25, -0.2) is 0 Å². The Bertz CT molecular complexity index is 201. The number of nitrogens with two attached hydrogens (primary N) is 1. The van der Waals surface area contributed by atoms with Crippen molar-refractivity contribution in [3.8, 4) is 0 Å². The molecular formula is C25H68N6.